The largest absolute Gasteiger partial charge is 0.381 e. The Hall–Kier alpha value is 0.440. The zero-order valence-corrected chi connectivity index (χ0v) is 17.5. The van der Waals surface area contributed by atoms with Crippen LogP contribution in [0.4, 0.5) is 0 Å². The minimum Gasteiger partial charge on any atom is -0.381 e. The van der Waals surface area contributed by atoms with E-state index in [2.05, 4.69) is 22.9 Å². The van der Waals surface area contributed by atoms with E-state index in [4.69, 9.17) is 4.74 Å². The van der Waals surface area contributed by atoms with E-state index in [0.717, 1.165) is 18.5 Å². The van der Waals surface area contributed by atoms with Crippen LogP contribution in [0.5, 0.6) is 0 Å². The summed E-state index contributed by atoms with van der Waals surface area (Å²) in [5.41, 5.74) is 0. The van der Waals surface area contributed by atoms with E-state index in [1.54, 1.807) is 0 Å². The Morgan fingerprint density at radius 1 is 0.478 bits per heavy atom. The fourth-order valence-electron chi connectivity index (χ4n) is 2.98. The van der Waals surface area contributed by atoms with E-state index in [9.17, 15) is 0 Å². The molecule has 0 aliphatic heterocycles. The SMILES string of the molecule is CCCCCCCCCCCCCCCCCOCCCCBr. The molecule has 0 atom stereocenters. The molecule has 0 radical (unpaired) electrons. The third-order valence-corrected chi connectivity index (χ3v) is 5.13. The summed E-state index contributed by atoms with van der Waals surface area (Å²) in [6.45, 7) is 4.21. The van der Waals surface area contributed by atoms with Gasteiger partial charge in [-0.3, -0.25) is 0 Å². The zero-order valence-electron chi connectivity index (χ0n) is 15.9. The Balaban J connectivity index is 2.92. The van der Waals surface area contributed by atoms with Gasteiger partial charge in [0.25, 0.3) is 0 Å². The molecule has 0 fully saturated rings. The fourth-order valence-corrected chi connectivity index (χ4v) is 3.37. The van der Waals surface area contributed by atoms with Crippen LogP contribution in [0.25, 0.3) is 0 Å². The van der Waals surface area contributed by atoms with Gasteiger partial charge < -0.3 is 4.74 Å². The first-order valence-electron chi connectivity index (χ1n) is 10.6. The number of unbranched alkanes of at least 4 members (excludes halogenated alkanes) is 15. The second-order valence-electron chi connectivity index (χ2n) is 6.96. The molecule has 23 heavy (non-hydrogen) atoms. The molecule has 0 aromatic carbocycles. The maximum atomic E-state index is 5.63. The fraction of sp³-hybridized carbons (Fsp3) is 1.00. The van der Waals surface area contributed by atoms with Crippen LogP contribution in [-0.2, 0) is 4.74 Å². The topological polar surface area (TPSA) is 9.23 Å². The number of hydrogen-bond acceptors (Lipinski definition) is 1. The summed E-state index contributed by atoms with van der Waals surface area (Å²) in [6, 6.07) is 0. The van der Waals surface area contributed by atoms with E-state index >= 15 is 0 Å². The zero-order chi connectivity index (χ0) is 16.8. The molecule has 0 aliphatic rings. The first-order chi connectivity index (χ1) is 11.4. The van der Waals surface area contributed by atoms with E-state index < -0.39 is 0 Å². The molecule has 0 heterocycles. The summed E-state index contributed by atoms with van der Waals surface area (Å²) < 4.78 is 5.63. The lowest BCUT2D eigenvalue weighted by Gasteiger charge is -2.04. The maximum Gasteiger partial charge on any atom is 0.0466 e. The normalized spacial score (nSPS) is 11.2. The van der Waals surface area contributed by atoms with Crippen molar-refractivity contribution in [3.05, 3.63) is 0 Å². The lowest BCUT2D eigenvalue weighted by Crippen LogP contribution is -1.97. The molecule has 1 nitrogen and oxygen atoms in total. The van der Waals surface area contributed by atoms with Gasteiger partial charge in [-0.15, -0.1) is 0 Å². The summed E-state index contributed by atoms with van der Waals surface area (Å²) in [5, 5.41) is 1.11. The molecule has 0 aliphatic carbocycles. The summed E-state index contributed by atoms with van der Waals surface area (Å²) in [7, 11) is 0. The predicted octanol–water partition coefficient (Wildman–Crippen LogP) is 8.05. The number of alkyl halides is 1. The molecule has 0 aromatic rings. The van der Waals surface area contributed by atoms with E-state index in [1.165, 1.54) is 109 Å². The minimum absolute atomic E-state index is 0.949. The summed E-state index contributed by atoms with van der Waals surface area (Å²) in [5.74, 6) is 0. The van der Waals surface area contributed by atoms with Gasteiger partial charge in [0.2, 0.25) is 0 Å². The average molecular weight is 391 g/mol. The summed E-state index contributed by atoms with van der Waals surface area (Å²) >= 11 is 3.45. The molecular formula is C21H43BrO. The van der Waals surface area contributed by atoms with Crippen molar-refractivity contribution in [3.63, 3.8) is 0 Å². The minimum atomic E-state index is 0.949. The van der Waals surface area contributed by atoms with E-state index in [-0.39, 0.29) is 0 Å². The second-order valence-corrected chi connectivity index (χ2v) is 7.75. The third kappa shape index (κ3) is 22.4. The Bertz CT molecular complexity index is 176. The smallest absolute Gasteiger partial charge is 0.0466 e. The number of hydrogen-bond donors (Lipinski definition) is 0. The predicted molar refractivity (Wildman–Crippen MR) is 109 cm³/mol. The summed E-state index contributed by atoms with van der Waals surface area (Å²) in [4.78, 5) is 0. The van der Waals surface area contributed by atoms with Crippen LogP contribution < -0.4 is 0 Å². The van der Waals surface area contributed by atoms with Gasteiger partial charge in [-0.25, -0.2) is 0 Å². The molecule has 0 spiro atoms. The van der Waals surface area contributed by atoms with Crippen LogP contribution in [0.1, 0.15) is 116 Å². The highest BCUT2D eigenvalue weighted by atomic mass is 79.9. The van der Waals surface area contributed by atoms with Gasteiger partial charge in [0.05, 0.1) is 0 Å². The lowest BCUT2D eigenvalue weighted by molar-refractivity contribution is 0.127. The molecule has 0 bridgehead atoms. The number of ether oxygens (including phenoxy) is 1. The van der Waals surface area contributed by atoms with Gasteiger partial charge in [0.15, 0.2) is 0 Å². The second kappa shape index (κ2) is 22.4. The van der Waals surface area contributed by atoms with Crippen molar-refractivity contribution in [2.24, 2.45) is 0 Å². The standard InChI is InChI=1S/C21H43BrO/c1-2-3-4-5-6-7-8-9-10-11-12-13-14-15-17-20-23-21-18-16-19-22/h2-21H2,1H3. The Morgan fingerprint density at radius 2 is 0.826 bits per heavy atom. The van der Waals surface area contributed by atoms with Crippen molar-refractivity contribution in [2.75, 3.05) is 18.5 Å². The van der Waals surface area contributed by atoms with Crippen LogP contribution in [0, 0.1) is 0 Å². The van der Waals surface area contributed by atoms with Crippen LogP contribution in [-0.4, -0.2) is 18.5 Å². The van der Waals surface area contributed by atoms with Crippen molar-refractivity contribution in [1.29, 1.82) is 0 Å². The Kier molecular flexibility index (Phi) is 22.9. The maximum absolute atomic E-state index is 5.63. The molecule has 0 rings (SSSR count). The van der Waals surface area contributed by atoms with Gasteiger partial charge in [-0.1, -0.05) is 113 Å². The average Bonchev–Trinajstić information content (AvgIpc) is 2.57. The molecule has 2 heteroatoms. The lowest BCUT2D eigenvalue weighted by atomic mass is 10.0. The van der Waals surface area contributed by atoms with Crippen LogP contribution in [0.2, 0.25) is 0 Å². The molecular weight excluding hydrogens is 348 g/mol. The monoisotopic (exact) mass is 390 g/mol. The number of rotatable bonds is 20. The van der Waals surface area contributed by atoms with E-state index in [1.807, 2.05) is 0 Å². The molecule has 0 amide bonds. The Morgan fingerprint density at radius 3 is 1.22 bits per heavy atom. The van der Waals surface area contributed by atoms with Crippen molar-refractivity contribution < 1.29 is 4.74 Å². The third-order valence-electron chi connectivity index (χ3n) is 4.56. The molecule has 0 saturated heterocycles. The molecule has 0 saturated carbocycles. The van der Waals surface area contributed by atoms with Gasteiger partial charge in [0, 0.05) is 18.5 Å². The Labute approximate surface area is 155 Å². The van der Waals surface area contributed by atoms with Crippen LogP contribution >= 0.6 is 15.9 Å². The first kappa shape index (κ1) is 23.4. The summed E-state index contributed by atoms with van der Waals surface area (Å²) in [6.07, 6.45) is 23.9. The van der Waals surface area contributed by atoms with Crippen molar-refractivity contribution >= 4 is 15.9 Å². The van der Waals surface area contributed by atoms with Gasteiger partial charge in [-0.2, -0.15) is 0 Å². The van der Waals surface area contributed by atoms with Crippen molar-refractivity contribution in [3.8, 4) is 0 Å². The van der Waals surface area contributed by atoms with Crippen LogP contribution in [0.3, 0.4) is 0 Å². The molecule has 140 valence electrons. The van der Waals surface area contributed by atoms with Crippen molar-refractivity contribution in [2.45, 2.75) is 116 Å². The highest BCUT2D eigenvalue weighted by Crippen LogP contribution is 2.13. The first-order valence-corrected chi connectivity index (χ1v) is 11.7. The van der Waals surface area contributed by atoms with Gasteiger partial charge in [0.1, 0.15) is 0 Å². The van der Waals surface area contributed by atoms with E-state index in [0.29, 0.717) is 0 Å². The molecule has 0 unspecified atom stereocenters. The highest BCUT2D eigenvalue weighted by Gasteiger charge is 1.95. The molecule has 0 aromatic heterocycles. The quantitative estimate of drug-likeness (QED) is 0.151. The van der Waals surface area contributed by atoms with Crippen LogP contribution in [0.15, 0.2) is 0 Å². The van der Waals surface area contributed by atoms with Crippen molar-refractivity contribution in [1.82, 2.24) is 0 Å². The number of halogens is 1. The van der Waals surface area contributed by atoms with Gasteiger partial charge in [-0.05, 0) is 19.3 Å². The highest BCUT2D eigenvalue weighted by molar-refractivity contribution is 9.09. The van der Waals surface area contributed by atoms with Gasteiger partial charge >= 0.3 is 0 Å². The molecule has 0 N–H and O–H groups in total.